The lowest BCUT2D eigenvalue weighted by molar-refractivity contribution is -0.0511. The molecule has 0 unspecified atom stereocenters. The van der Waals surface area contributed by atoms with Crippen LogP contribution in [0.25, 0.3) is 11.2 Å². The van der Waals surface area contributed by atoms with Crippen molar-refractivity contribution in [2.75, 3.05) is 20.7 Å². The van der Waals surface area contributed by atoms with Gasteiger partial charge in [-0.2, -0.15) is 0 Å². The SMILES string of the molecule is C/C(=N\c1ncnc2c1ncn2[C@@H]1O[C@H](CO)[C@@H](O)[C@@H]1O)N(C)C. The van der Waals surface area contributed by atoms with Crippen molar-refractivity contribution in [2.45, 2.75) is 31.5 Å². The molecule has 0 spiro atoms. The molecule has 10 nitrogen and oxygen atoms in total. The number of rotatable bonds is 3. The predicted molar refractivity (Wildman–Crippen MR) is 84.8 cm³/mol. The number of aliphatic hydroxyl groups excluding tert-OH is 3. The van der Waals surface area contributed by atoms with Crippen molar-refractivity contribution in [1.82, 2.24) is 24.4 Å². The van der Waals surface area contributed by atoms with Crippen molar-refractivity contribution >= 4 is 22.8 Å². The first-order valence-corrected chi connectivity index (χ1v) is 7.46. The van der Waals surface area contributed by atoms with E-state index in [1.165, 1.54) is 17.2 Å². The maximum absolute atomic E-state index is 10.2. The molecule has 0 saturated carbocycles. The number of fused-ring (bicyclic) bond motifs is 1. The molecule has 0 bridgehead atoms. The molecule has 4 atom stereocenters. The van der Waals surface area contributed by atoms with Gasteiger partial charge in [-0.1, -0.05) is 0 Å². The van der Waals surface area contributed by atoms with Gasteiger partial charge in [-0.05, 0) is 6.92 Å². The summed E-state index contributed by atoms with van der Waals surface area (Å²) in [6.07, 6.45) is -1.35. The smallest absolute Gasteiger partial charge is 0.185 e. The summed E-state index contributed by atoms with van der Waals surface area (Å²) in [4.78, 5) is 18.8. The molecular formula is C14H20N6O4. The minimum absolute atomic E-state index is 0.395. The van der Waals surface area contributed by atoms with Crippen molar-refractivity contribution in [3.63, 3.8) is 0 Å². The molecule has 3 rings (SSSR count). The highest BCUT2D eigenvalue weighted by Crippen LogP contribution is 2.32. The number of aromatic nitrogens is 4. The Bertz CT molecular complexity index is 761. The quantitative estimate of drug-likeness (QED) is 0.483. The van der Waals surface area contributed by atoms with E-state index in [9.17, 15) is 15.3 Å². The Morgan fingerprint density at radius 2 is 2.04 bits per heavy atom. The standard InChI is InChI=1S/C14H20N6O4/c1-7(19(2)3)18-12-9-13(16-5-15-12)20(6-17-9)14-11(23)10(22)8(4-21)24-14/h5-6,8,10-11,14,21-23H,4H2,1-3H3/b18-7+/t8-,10-,11+,14-/m1/s1. The number of aliphatic imine (C=N–C) groups is 1. The van der Waals surface area contributed by atoms with E-state index >= 15 is 0 Å². The van der Waals surface area contributed by atoms with Crippen molar-refractivity contribution in [1.29, 1.82) is 0 Å². The fourth-order valence-corrected chi connectivity index (χ4v) is 2.47. The fourth-order valence-electron chi connectivity index (χ4n) is 2.47. The van der Waals surface area contributed by atoms with E-state index in [0.717, 1.165) is 5.84 Å². The summed E-state index contributed by atoms with van der Waals surface area (Å²) in [7, 11) is 3.74. The zero-order chi connectivity index (χ0) is 17.4. The highest BCUT2D eigenvalue weighted by molar-refractivity contribution is 5.88. The number of hydrogen-bond donors (Lipinski definition) is 3. The molecule has 0 amide bonds. The van der Waals surface area contributed by atoms with Crippen LogP contribution in [0.3, 0.4) is 0 Å². The molecule has 0 radical (unpaired) electrons. The molecule has 10 heteroatoms. The van der Waals surface area contributed by atoms with E-state index in [0.29, 0.717) is 17.0 Å². The fraction of sp³-hybridized carbons (Fsp3) is 0.571. The second-order valence-electron chi connectivity index (χ2n) is 5.80. The maximum atomic E-state index is 10.2. The van der Waals surface area contributed by atoms with Gasteiger partial charge in [0.25, 0.3) is 0 Å². The van der Waals surface area contributed by atoms with E-state index in [1.54, 1.807) is 0 Å². The second kappa shape index (κ2) is 6.40. The van der Waals surface area contributed by atoms with Gasteiger partial charge in [-0.3, -0.25) is 4.57 Å². The van der Waals surface area contributed by atoms with Crippen molar-refractivity contribution in [3.8, 4) is 0 Å². The van der Waals surface area contributed by atoms with Gasteiger partial charge in [-0.25, -0.2) is 19.9 Å². The van der Waals surface area contributed by atoms with E-state index < -0.39 is 31.1 Å². The average Bonchev–Trinajstić information content (AvgIpc) is 3.10. The topological polar surface area (TPSA) is 129 Å². The Hall–Kier alpha value is -2.14. The van der Waals surface area contributed by atoms with Crippen LogP contribution in [0.1, 0.15) is 13.2 Å². The third-order valence-corrected chi connectivity index (χ3v) is 4.05. The Morgan fingerprint density at radius 3 is 2.67 bits per heavy atom. The molecule has 0 aromatic carbocycles. The van der Waals surface area contributed by atoms with Crippen LogP contribution in [0.15, 0.2) is 17.6 Å². The predicted octanol–water partition coefficient (Wildman–Crippen LogP) is -0.951. The van der Waals surface area contributed by atoms with Gasteiger partial charge in [0.05, 0.1) is 12.9 Å². The zero-order valence-corrected chi connectivity index (χ0v) is 13.6. The molecule has 3 N–H and O–H groups in total. The van der Waals surface area contributed by atoms with Crippen LogP contribution in [0.2, 0.25) is 0 Å². The van der Waals surface area contributed by atoms with E-state index in [1.807, 2.05) is 25.9 Å². The number of amidine groups is 1. The molecular weight excluding hydrogens is 316 g/mol. The molecule has 0 aliphatic carbocycles. The van der Waals surface area contributed by atoms with Crippen LogP contribution in [0.4, 0.5) is 5.82 Å². The Kier molecular flexibility index (Phi) is 4.45. The van der Waals surface area contributed by atoms with Crippen molar-refractivity contribution < 1.29 is 20.1 Å². The van der Waals surface area contributed by atoms with Crippen LogP contribution < -0.4 is 0 Å². The highest BCUT2D eigenvalue weighted by Gasteiger charge is 2.44. The Balaban J connectivity index is 2.02. The van der Waals surface area contributed by atoms with E-state index in [2.05, 4.69) is 19.9 Å². The molecule has 1 aliphatic heterocycles. The molecule has 2 aromatic rings. The van der Waals surface area contributed by atoms with Crippen LogP contribution in [-0.2, 0) is 4.74 Å². The van der Waals surface area contributed by atoms with Gasteiger partial charge in [0.15, 0.2) is 23.2 Å². The Morgan fingerprint density at radius 1 is 1.29 bits per heavy atom. The molecule has 1 aliphatic rings. The summed E-state index contributed by atoms with van der Waals surface area (Å²) in [6, 6.07) is 0. The van der Waals surface area contributed by atoms with E-state index in [4.69, 9.17) is 4.74 Å². The third-order valence-electron chi connectivity index (χ3n) is 4.05. The van der Waals surface area contributed by atoms with Crippen molar-refractivity contribution in [2.24, 2.45) is 4.99 Å². The molecule has 2 aromatic heterocycles. The maximum Gasteiger partial charge on any atom is 0.185 e. The van der Waals surface area contributed by atoms with Gasteiger partial charge >= 0.3 is 0 Å². The normalized spacial score (nSPS) is 27.8. The number of ether oxygens (including phenoxy) is 1. The van der Waals surface area contributed by atoms with Gasteiger partial charge < -0.3 is 25.0 Å². The first-order valence-electron chi connectivity index (χ1n) is 7.46. The summed E-state index contributed by atoms with van der Waals surface area (Å²) < 4.78 is 7.02. The largest absolute Gasteiger partial charge is 0.394 e. The van der Waals surface area contributed by atoms with Crippen LogP contribution in [0.5, 0.6) is 0 Å². The summed E-state index contributed by atoms with van der Waals surface area (Å²) in [6.45, 7) is 1.45. The molecule has 24 heavy (non-hydrogen) atoms. The summed E-state index contributed by atoms with van der Waals surface area (Å²) in [5.74, 6) is 1.15. The van der Waals surface area contributed by atoms with Crippen molar-refractivity contribution in [3.05, 3.63) is 12.7 Å². The molecule has 1 fully saturated rings. The third kappa shape index (κ3) is 2.73. The summed E-state index contributed by atoms with van der Waals surface area (Å²) >= 11 is 0. The average molecular weight is 336 g/mol. The lowest BCUT2D eigenvalue weighted by atomic mass is 10.1. The van der Waals surface area contributed by atoms with Crippen LogP contribution >= 0.6 is 0 Å². The highest BCUT2D eigenvalue weighted by atomic mass is 16.6. The van der Waals surface area contributed by atoms with Crippen LogP contribution in [0, 0.1) is 0 Å². The lowest BCUT2D eigenvalue weighted by Gasteiger charge is -2.16. The molecule has 3 heterocycles. The number of imidazole rings is 1. The molecule has 1 saturated heterocycles. The lowest BCUT2D eigenvalue weighted by Crippen LogP contribution is -2.33. The zero-order valence-electron chi connectivity index (χ0n) is 13.6. The minimum atomic E-state index is -1.20. The van der Waals surface area contributed by atoms with Gasteiger partial charge in [0.2, 0.25) is 0 Å². The van der Waals surface area contributed by atoms with Gasteiger partial charge in [0.1, 0.15) is 30.5 Å². The molecule has 130 valence electrons. The Labute approximate surface area is 138 Å². The summed E-state index contributed by atoms with van der Waals surface area (Å²) in [5.41, 5.74) is 0.876. The number of hydrogen-bond acceptors (Lipinski definition) is 8. The number of aliphatic hydroxyl groups is 3. The first kappa shape index (κ1) is 16.7. The minimum Gasteiger partial charge on any atom is -0.394 e. The van der Waals surface area contributed by atoms with Gasteiger partial charge in [0, 0.05) is 14.1 Å². The first-order chi connectivity index (χ1) is 11.4. The van der Waals surface area contributed by atoms with E-state index in [-0.39, 0.29) is 0 Å². The number of nitrogens with zero attached hydrogens (tertiary/aromatic N) is 6. The summed E-state index contributed by atoms with van der Waals surface area (Å²) in [5, 5.41) is 29.3. The van der Waals surface area contributed by atoms with Crippen LogP contribution in [-0.4, -0.2) is 84.6 Å². The second-order valence-corrected chi connectivity index (χ2v) is 5.80. The van der Waals surface area contributed by atoms with Gasteiger partial charge in [-0.15, -0.1) is 0 Å². The monoisotopic (exact) mass is 336 g/mol.